The summed E-state index contributed by atoms with van der Waals surface area (Å²) in [6.45, 7) is 4.23. The van der Waals surface area contributed by atoms with E-state index in [9.17, 15) is 0 Å². The molecule has 1 atom stereocenters. The Morgan fingerprint density at radius 2 is 2.10 bits per heavy atom. The van der Waals surface area contributed by atoms with Crippen molar-refractivity contribution < 1.29 is 0 Å². The average molecular weight is 337 g/mol. The van der Waals surface area contributed by atoms with E-state index in [2.05, 4.69) is 45.9 Å². The Morgan fingerprint density at radius 1 is 1.35 bits per heavy atom. The van der Waals surface area contributed by atoms with Crippen molar-refractivity contribution in [1.29, 1.82) is 0 Å². The van der Waals surface area contributed by atoms with Gasteiger partial charge in [-0.05, 0) is 40.4 Å². The number of aromatic nitrogens is 3. The fourth-order valence-corrected chi connectivity index (χ4v) is 3.21. The van der Waals surface area contributed by atoms with Crippen LogP contribution in [0.3, 0.4) is 0 Å². The number of nitrogens with zero attached hydrogens (tertiary/aromatic N) is 3. The van der Waals surface area contributed by atoms with Crippen molar-refractivity contribution in [2.24, 2.45) is 12.8 Å². The first-order chi connectivity index (χ1) is 9.58. The number of hydrogen-bond acceptors (Lipinski definition) is 3. The quantitative estimate of drug-likeness (QED) is 0.913. The maximum atomic E-state index is 6.37. The summed E-state index contributed by atoms with van der Waals surface area (Å²) < 4.78 is 2.99. The van der Waals surface area contributed by atoms with Crippen LogP contribution in [-0.2, 0) is 26.3 Å². The minimum absolute atomic E-state index is 0.109. The molecule has 1 unspecified atom stereocenters. The second-order valence-electron chi connectivity index (χ2n) is 4.90. The van der Waals surface area contributed by atoms with Crippen molar-refractivity contribution in [3.8, 4) is 0 Å². The van der Waals surface area contributed by atoms with Gasteiger partial charge in [0.25, 0.3) is 0 Å². The molecule has 2 N–H and O–H groups in total. The lowest BCUT2D eigenvalue weighted by Gasteiger charge is -2.15. The topological polar surface area (TPSA) is 56.7 Å². The first-order valence-corrected chi connectivity index (χ1v) is 7.77. The maximum Gasteiger partial charge on any atom is 0.0766 e. The number of pyridine rings is 1. The van der Waals surface area contributed by atoms with E-state index in [0.717, 1.165) is 40.8 Å². The summed E-state index contributed by atoms with van der Waals surface area (Å²) >= 11 is 3.64. The number of aryl methyl sites for hydroxylation is 3. The molecule has 0 fully saturated rings. The first-order valence-electron chi connectivity index (χ1n) is 6.98. The Balaban J connectivity index is 2.28. The molecule has 108 valence electrons. The van der Waals surface area contributed by atoms with Crippen LogP contribution in [0.2, 0.25) is 0 Å². The number of nitrogens with two attached hydrogens (primary N) is 1. The van der Waals surface area contributed by atoms with Crippen LogP contribution in [-0.4, -0.2) is 14.8 Å². The number of rotatable bonds is 5. The molecule has 0 radical (unpaired) electrons. The van der Waals surface area contributed by atoms with Gasteiger partial charge in [0.2, 0.25) is 0 Å². The molecule has 0 saturated heterocycles. The molecule has 5 heteroatoms. The molecule has 0 aliphatic heterocycles. The molecule has 2 aromatic heterocycles. The molecule has 2 aromatic rings. The summed E-state index contributed by atoms with van der Waals surface area (Å²) in [5.74, 6) is 0. The van der Waals surface area contributed by atoms with E-state index in [4.69, 9.17) is 5.73 Å². The Hall–Kier alpha value is -1.20. The highest BCUT2D eigenvalue weighted by Gasteiger charge is 2.18. The molecule has 0 saturated carbocycles. The minimum atomic E-state index is -0.109. The van der Waals surface area contributed by atoms with E-state index in [-0.39, 0.29) is 6.04 Å². The van der Waals surface area contributed by atoms with Crippen LogP contribution >= 0.6 is 15.9 Å². The van der Waals surface area contributed by atoms with Crippen molar-refractivity contribution >= 4 is 15.9 Å². The van der Waals surface area contributed by atoms with Crippen LogP contribution < -0.4 is 5.73 Å². The molecular weight excluding hydrogens is 316 g/mol. The highest BCUT2D eigenvalue weighted by molar-refractivity contribution is 9.10. The lowest BCUT2D eigenvalue weighted by atomic mass is 10.0. The van der Waals surface area contributed by atoms with Gasteiger partial charge in [-0.25, -0.2) is 0 Å². The van der Waals surface area contributed by atoms with Crippen molar-refractivity contribution in [3.05, 3.63) is 45.4 Å². The van der Waals surface area contributed by atoms with E-state index in [1.807, 2.05) is 24.0 Å². The van der Waals surface area contributed by atoms with Crippen LogP contribution in [0.4, 0.5) is 0 Å². The standard InChI is InChI=1S/C15H21BrN4/c1-4-10-7-6-8-18-15(10)11(17)9-13-14(16)12(5-2)19-20(13)3/h6-8,11H,4-5,9,17H2,1-3H3. The monoisotopic (exact) mass is 336 g/mol. The highest BCUT2D eigenvalue weighted by Crippen LogP contribution is 2.26. The van der Waals surface area contributed by atoms with Crippen LogP contribution in [0, 0.1) is 0 Å². The van der Waals surface area contributed by atoms with Crippen molar-refractivity contribution in [1.82, 2.24) is 14.8 Å². The molecule has 2 rings (SSSR count). The van der Waals surface area contributed by atoms with Crippen LogP contribution in [0.25, 0.3) is 0 Å². The lowest BCUT2D eigenvalue weighted by Crippen LogP contribution is -2.18. The number of hydrogen-bond donors (Lipinski definition) is 1. The van der Waals surface area contributed by atoms with E-state index in [1.54, 1.807) is 0 Å². The van der Waals surface area contributed by atoms with E-state index >= 15 is 0 Å². The lowest BCUT2D eigenvalue weighted by molar-refractivity contribution is 0.621. The molecular formula is C15H21BrN4. The van der Waals surface area contributed by atoms with Crippen LogP contribution in [0.5, 0.6) is 0 Å². The van der Waals surface area contributed by atoms with Crippen molar-refractivity contribution in [2.45, 2.75) is 39.2 Å². The van der Waals surface area contributed by atoms with Crippen LogP contribution in [0.1, 0.15) is 42.5 Å². The maximum absolute atomic E-state index is 6.37. The molecule has 0 amide bonds. The van der Waals surface area contributed by atoms with Gasteiger partial charge in [0, 0.05) is 19.7 Å². The van der Waals surface area contributed by atoms with E-state index in [0.29, 0.717) is 0 Å². The summed E-state index contributed by atoms with van der Waals surface area (Å²) in [7, 11) is 1.96. The van der Waals surface area contributed by atoms with Gasteiger partial charge in [0.1, 0.15) is 0 Å². The molecule has 0 aliphatic rings. The van der Waals surface area contributed by atoms with Crippen LogP contribution in [0.15, 0.2) is 22.8 Å². The second kappa shape index (κ2) is 6.50. The summed E-state index contributed by atoms with van der Waals surface area (Å²) in [6.07, 6.45) is 4.40. The Labute approximate surface area is 128 Å². The molecule has 20 heavy (non-hydrogen) atoms. The van der Waals surface area contributed by atoms with Gasteiger partial charge in [0.05, 0.1) is 27.6 Å². The summed E-state index contributed by atoms with van der Waals surface area (Å²) in [6, 6.07) is 3.95. The third-order valence-electron chi connectivity index (χ3n) is 3.57. The Bertz CT molecular complexity index is 592. The van der Waals surface area contributed by atoms with E-state index < -0.39 is 0 Å². The first kappa shape index (κ1) is 15.2. The third kappa shape index (κ3) is 2.94. The fourth-order valence-electron chi connectivity index (χ4n) is 2.43. The van der Waals surface area contributed by atoms with Gasteiger partial charge < -0.3 is 5.73 Å². The molecule has 4 nitrogen and oxygen atoms in total. The molecule has 2 heterocycles. The third-order valence-corrected chi connectivity index (χ3v) is 4.49. The summed E-state index contributed by atoms with van der Waals surface area (Å²) in [4.78, 5) is 4.46. The van der Waals surface area contributed by atoms with Gasteiger partial charge in [-0.1, -0.05) is 19.9 Å². The van der Waals surface area contributed by atoms with Gasteiger partial charge in [-0.2, -0.15) is 5.10 Å². The zero-order valence-corrected chi connectivity index (χ0v) is 13.8. The van der Waals surface area contributed by atoms with E-state index in [1.165, 1.54) is 5.56 Å². The van der Waals surface area contributed by atoms with Crippen molar-refractivity contribution in [2.75, 3.05) is 0 Å². The minimum Gasteiger partial charge on any atom is -0.322 e. The molecule has 0 aliphatic carbocycles. The normalized spacial score (nSPS) is 12.7. The number of halogens is 1. The largest absolute Gasteiger partial charge is 0.322 e. The summed E-state index contributed by atoms with van der Waals surface area (Å²) in [5, 5.41) is 4.51. The predicted molar refractivity (Wildman–Crippen MR) is 84.5 cm³/mol. The Kier molecular flexibility index (Phi) is 4.94. The zero-order valence-electron chi connectivity index (χ0n) is 12.2. The van der Waals surface area contributed by atoms with Crippen molar-refractivity contribution in [3.63, 3.8) is 0 Å². The fraction of sp³-hybridized carbons (Fsp3) is 0.467. The predicted octanol–water partition coefficient (Wildman–Crippen LogP) is 2.94. The summed E-state index contributed by atoms with van der Waals surface area (Å²) in [5.41, 5.74) is 10.8. The average Bonchev–Trinajstić information content (AvgIpc) is 2.74. The molecule has 0 spiro atoms. The molecule has 0 bridgehead atoms. The van der Waals surface area contributed by atoms with Gasteiger partial charge in [-0.3, -0.25) is 9.67 Å². The molecule has 0 aromatic carbocycles. The van der Waals surface area contributed by atoms with Gasteiger partial charge >= 0.3 is 0 Å². The highest BCUT2D eigenvalue weighted by atomic mass is 79.9. The van der Waals surface area contributed by atoms with Gasteiger partial charge in [0.15, 0.2) is 0 Å². The smallest absolute Gasteiger partial charge is 0.0766 e. The zero-order chi connectivity index (χ0) is 14.7. The second-order valence-corrected chi connectivity index (χ2v) is 5.69. The SMILES string of the molecule is CCc1cccnc1C(N)Cc1c(Br)c(CC)nn1C. The van der Waals surface area contributed by atoms with Gasteiger partial charge in [-0.15, -0.1) is 0 Å². The Morgan fingerprint density at radius 3 is 2.70 bits per heavy atom.